The van der Waals surface area contributed by atoms with Gasteiger partial charge in [0, 0.05) is 11.1 Å². The minimum atomic E-state index is -0.358. The van der Waals surface area contributed by atoms with E-state index in [1.165, 1.54) is 6.21 Å². The number of aromatic amines is 1. The standard InChI is InChI=1S/C17H16N4O3/c1-2-24-15-5-3-4-12(16(15)22)9-20-21-17(23)11-6-7-13-14(8-11)19-10-18-13/h3-10,22H,2H2,1H3,(H,18,19)(H,21,23)/b20-9+. The molecule has 7 nitrogen and oxygen atoms in total. The number of para-hydroxylation sites is 1. The van der Waals surface area contributed by atoms with Crippen LogP contribution < -0.4 is 10.2 Å². The number of hydrogen-bond acceptors (Lipinski definition) is 5. The molecule has 0 fully saturated rings. The summed E-state index contributed by atoms with van der Waals surface area (Å²) in [6, 6.07) is 10.2. The molecule has 1 amide bonds. The number of nitrogens with one attached hydrogen (secondary N) is 2. The number of amides is 1. The van der Waals surface area contributed by atoms with E-state index in [0.29, 0.717) is 23.5 Å². The van der Waals surface area contributed by atoms with Gasteiger partial charge in [-0.05, 0) is 37.3 Å². The number of imidazole rings is 1. The van der Waals surface area contributed by atoms with E-state index < -0.39 is 0 Å². The van der Waals surface area contributed by atoms with E-state index in [9.17, 15) is 9.90 Å². The van der Waals surface area contributed by atoms with Crippen LogP contribution >= 0.6 is 0 Å². The van der Waals surface area contributed by atoms with E-state index in [-0.39, 0.29) is 11.7 Å². The molecule has 1 heterocycles. The van der Waals surface area contributed by atoms with Gasteiger partial charge in [0.2, 0.25) is 0 Å². The number of aromatic hydroxyl groups is 1. The number of hydrazone groups is 1. The lowest BCUT2D eigenvalue weighted by atomic mass is 10.2. The average Bonchev–Trinajstić information content (AvgIpc) is 3.06. The molecule has 0 aliphatic carbocycles. The summed E-state index contributed by atoms with van der Waals surface area (Å²) < 4.78 is 5.30. The molecule has 0 unspecified atom stereocenters. The first-order valence-electron chi connectivity index (χ1n) is 7.40. The maximum Gasteiger partial charge on any atom is 0.271 e. The SMILES string of the molecule is CCOc1cccc(/C=N/NC(=O)c2ccc3nc[nH]c3c2)c1O. The molecule has 0 bridgehead atoms. The van der Waals surface area contributed by atoms with Crippen LogP contribution in [0.3, 0.4) is 0 Å². The first-order chi connectivity index (χ1) is 11.7. The Hall–Kier alpha value is -3.35. The fraction of sp³-hybridized carbons (Fsp3) is 0.118. The first-order valence-corrected chi connectivity index (χ1v) is 7.40. The van der Waals surface area contributed by atoms with Gasteiger partial charge >= 0.3 is 0 Å². The zero-order chi connectivity index (χ0) is 16.9. The van der Waals surface area contributed by atoms with Crippen LogP contribution in [0, 0.1) is 0 Å². The molecular formula is C17H16N4O3. The van der Waals surface area contributed by atoms with Gasteiger partial charge in [0.25, 0.3) is 5.91 Å². The highest BCUT2D eigenvalue weighted by molar-refractivity contribution is 5.97. The Morgan fingerprint density at radius 1 is 1.42 bits per heavy atom. The highest BCUT2D eigenvalue weighted by atomic mass is 16.5. The van der Waals surface area contributed by atoms with Crippen molar-refractivity contribution in [1.29, 1.82) is 0 Å². The summed E-state index contributed by atoms with van der Waals surface area (Å²) >= 11 is 0. The summed E-state index contributed by atoms with van der Waals surface area (Å²) in [5, 5.41) is 13.9. The Morgan fingerprint density at radius 3 is 3.12 bits per heavy atom. The number of rotatable bonds is 5. The van der Waals surface area contributed by atoms with Crippen LogP contribution in [0.25, 0.3) is 11.0 Å². The molecule has 7 heteroatoms. The van der Waals surface area contributed by atoms with Crippen LogP contribution in [0.5, 0.6) is 11.5 Å². The summed E-state index contributed by atoms with van der Waals surface area (Å²) in [5.41, 5.74) is 4.89. The largest absolute Gasteiger partial charge is 0.504 e. The quantitative estimate of drug-likeness (QED) is 0.496. The number of carbonyl (C=O) groups excluding carboxylic acids is 1. The van der Waals surface area contributed by atoms with Gasteiger partial charge in [-0.3, -0.25) is 4.79 Å². The van der Waals surface area contributed by atoms with Gasteiger partial charge in [0.15, 0.2) is 11.5 Å². The molecule has 122 valence electrons. The van der Waals surface area contributed by atoms with Gasteiger partial charge in [0.1, 0.15) is 0 Å². The van der Waals surface area contributed by atoms with Crippen molar-refractivity contribution in [2.45, 2.75) is 6.92 Å². The van der Waals surface area contributed by atoms with Crippen molar-refractivity contribution >= 4 is 23.2 Å². The zero-order valence-corrected chi connectivity index (χ0v) is 13.0. The van der Waals surface area contributed by atoms with E-state index in [0.717, 1.165) is 11.0 Å². The molecule has 0 radical (unpaired) electrons. The molecule has 0 aliphatic heterocycles. The van der Waals surface area contributed by atoms with E-state index in [2.05, 4.69) is 20.5 Å². The molecule has 0 atom stereocenters. The monoisotopic (exact) mass is 324 g/mol. The molecule has 0 aliphatic rings. The molecule has 0 saturated carbocycles. The van der Waals surface area contributed by atoms with Crippen molar-refractivity contribution in [2.24, 2.45) is 5.10 Å². The van der Waals surface area contributed by atoms with Crippen molar-refractivity contribution in [3.63, 3.8) is 0 Å². The molecule has 3 rings (SSSR count). The van der Waals surface area contributed by atoms with Crippen molar-refractivity contribution in [3.8, 4) is 11.5 Å². The minimum Gasteiger partial charge on any atom is -0.504 e. The number of phenolic OH excluding ortho intramolecular Hbond substituents is 1. The third-order valence-corrected chi connectivity index (χ3v) is 3.38. The number of benzene rings is 2. The van der Waals surface area contributed by atoms with Crippen LogP contribution in [0.4, 0.5) is 0 Å². The van der Waals surface area contributed by atoms with Gasteiger partial charge in [-0.15, -0.1) is 0 Å². The second-order valence-corrected chi connectivity index (χ2v) is 4.96. The number of H-pyrrole nitrogens is 1. The minimum absolute atomic E-state index is 0.0174. The van der Waals surface area contributed by atoms with Crippen molar-refractivity contribution in [3.05, 3.63) is 53.9 Å². The van der Waals surface area contributed by atoms with Gasteiger partial charge < -0.3 is 14.8 Å². The Bertz CT molecular complexity index is 902. The second kappa shape index (κ2) is 6.82. The topological polar surface area (TPSA) is 99.6 Å². The lowest BCUT2D eigenvalue weighted by Gasteiger charge is -2.07. The Kier molecular flexibility index (Phi) is 4.42. The van der Waals surface area contributed by atoms with Crippen LogP contribution in [0.2, 0.25) is 0 Å². The van der Waals surface area contributed by atoms with Gasteiger partial charge in [-0.1, -0.05) is 6.07 Å². The van der Waals surface area contributed by atoms with E-state index >= 15 is 0 Å². The van der Waals surface area contributed by atoms with Crippen LogP contribution in [0.1, 0.15) is 22.8 Å². The normalized spacial score (nSPS) is 11.0. The van der Waals surface area contributed by atoms with Gasteiger partial charge in [-0.25, -0.2) is 10.4 Å². The number of carbonyl (C=O) groups is 1. The summed E-state index contributed by atoms with van der Waals surface area (Å²) in [7, 11) is 0. The highest BCUT2D eigenvalue weighted by Crippen LogP contribution is 2.28. The molecule has 1 aromatic heterocycles. The fourth-order valence-electron chi connectivity index (χ4n) is 2.22. The van der Waals surface area contributed by atoms with Gasteiger partial charge in [0.05, 0.1) is 30.2 Å². The predicted molar refractivity (Wildman–Crippen MR) is 90.4 cm³/mol. The molecule has 3 N–H and O–H groups in total. The maximum absolute atomic E-state index is 12.1. The zero-order valence-electron chi connectivity index (χ0n) is 13.0. The van der Waals surface area contributed by atoms with Crippen molar-refractivity contribution in [1.82, 2.24) is 15.4 Å². The van der Waals surface area contributed by atoms with Gasteiger partial charge in [-0.2, -0.15) is 5.10 Å². The Labute approximate surface area is 138 Å². The lowest BCUT2D eigenvalue weighted by Crippen LogP contribution is -2.17. The molecule has 24 heavy (non-hydrogen) atoms. The summed E-state index contributed by atoms with van der Waals surface area (Å²) in [5.74, 6) is -0.00287. The summed E-state index contributed by atoms with van der Waals surface area (Å²) in [4.78, 5) is 19.2. The van der Waals surface area contributed by atoms with Crippen molar-refractivity contribution in [2.75, 3.05) is 6.61 Å². The highest BCUT2D eigenvalue weighted by Gasteiger charge is 2.08. The Morgan fingerprint density at radius 2 is 2.29 bits per heavy atom. The molecule has 2 aromatic carbocycles. The Balaban J connectivity index is 1.71. The molecule has 0 spiro atoms. The number of hydrogen-bond donors (Lipinski definition) is 3. The third-order valence-electron chi connectivity index (χ3n) is 3.38. The lowest BCUT2D eigenvalue weighted by molar-refractivity contribution is 0.0955. The van der Waals surface area contributed by atoms with E-state index in [1.807, 2.05) is 6.92 Å². The van der Waals surface area contributed by atoms with Crippen molar-refractivity contribution < 1.29 is 14.6 Å². The second-order valence-electron chi connectivity index (χ2n) is 4.96. The smallest absolute Gasteiger partial charge is 0.271 e. The van der Waals surface area contributed by atoms with Crippen LogP contribution in [-0.2, 0) is 0 Å². The number of phenols is 1. The third kappa shape index (κ3) is 3.19. The molecular weight excluding hydrogens is 308 g/mol. The fourth-order valence-corrected chi connectivity index (χ4v) is 2.22. The van der Waals surface area contributed by atoms with E-state index in [1.54, 1.807) is 42.7 Å². The molecule has 0 saturated heterocycles. The van der Waals surface area contributed by atoms with E-state index in [4.69, 9.17) is 4.74 Å². The average molecular weight is 324 g/mol. The summed E-state index contributed by atoms with van der Waals surface area (Å²) in [6.45, 7) is 2.28. The number of aromatic nitrogens is 2. The first kappa shape index (κ1) is 15.5. The molecule has 3 aromatic rings. The predicted octanol–water partition coefficient (Wildman–Crippen LogP) is 2.43. The van der Waals surface area contributed by atoms with Crippen LogP contribution in [-0.4, -0.2) is 33.8 Å². The van der Waals surface area contributed by atoms with Crippen LogP contribution in [0.15, 0.2) is 47.8 Å². The number of nitrogens with zero attached hydrogens (tertiary/aromatic N) is 2. The summed E-state index contributed by atoms with van der Waals surface area (Å²) in [6.07, 6.45) is 2.93. The number of fused-ring (bicyclic) bond motifs is 1. The number of ether oxygens (including phenoxy) is 1. The maximum atomic E-state index is 12.1.